The van der Waals surface area contributed by atoms with E-state index in [1.807, 2.05) is 78.8 Å². The van der Waals surface area contributed by atoms with Gasteiger partial charge in [0.15, 0.2) is 0 Å². The predicted molar refractivity (Wildman–Crippen MR) is 202 cm³/mol. The molecular weight excluding hydrogens is 682 g/mol. The molecule has 8 N–H and O–H groups in total. The Morgan fingerprint density at radius 3 is 1.62 bits per heavy atom. The number of carbonyl (C=O) groups is 6. The summed E-state index contributed by atoms with van der Waals surface area (Å²) in [7, 11) is 0. The number of aliphatic hydroxyl groups excluding tert-OH is 2. The van der Waals surface area contributed by atoms with E-state index in [9.17, 15) is 39.0 Å². The van der Waals surface area contributed by atoms with Crippen molar-refractivity contribution < 1.29 is 44.1 Å². The topological polar surface area (TPSA) is 223 Å². The van der Waals surface area contributed by atoms with Crippen LogP contribution in [0.15, 0.2) is 30.3 Å². The molecule has 0 fully saturated rings. The number of carboxylic acid groups (broad SMARTS) is 1. The number of carbonyl (C=O) groups excluding carboxylic acids is 5. The van der Waals surface area contributed by atoms with Crippen LogP contribution in [0.5, 0.6) is 0 Å². The van der Waals surface area contributed by atoms with E-state index in [1.165, 1.54) is 6.92 Å². The van der Waals surface area contributed by atoms with Gasteiger partial charge in [-0.15, -0.1) is 0 Å². The molecule has 14 heteroatoms. The van der Waals surface area contributed by atoms with Gasteiger partial charge >= 0.3 is 5.97 Å². The molecule has 0 spiro atoms. The summed E-state index contributed by atoms with van der Waals surface area (Å²) in [4.78, 5) is 77.2. The molecule has 0 aliphatic heterocycles. The number of nitrogens with one attached hydrogen (secondary N) is 5. The van der Waals surface area contributed by atoms with Crippen molar-refractivity contribution in [3.05, 3.63) is 35.9 Å². The van der Waals surface area contributed by atoms with Gasteiger partial charge in [-0.05, 0) is 49.5 Å². The summed E-state index contributed by atoms with van der Waals surface area (Å²) < 4.78 is 0. The van der Waals surface area contributed by atoms with Crippen LogP contribution in [-0.4, -0.2) is 93.2 Å². The van der Waals surface area contributed by atoms with Gasteiger partial charge in [-0.3, -0.25) is 28.8 Å². The predicted octanol–water partition coefficient (Wildman–Crippen LogP) is 2.59. The zero-order valence-electron chi connectivity index (χ0n) is 32.8. The van der Waals surface area contributed by atoms with Crippen LogP contribution in [0.3, 0.4) is 0 Å². The van der Waals surface area contributed by atoms with Gasteiger partial charge in [0.25, 0.3) is 0 Å². The van der Waals surface area contributed by atoms with Crippen molar-refractivity contribution in [1.82, 2.24) is 26.6 Å². The maximum atomic E-state index is 13.7. The molecule has 0 heterocycles. The van der Waals surface area contributed by atoms with E-state index >= 15 is 0 Å². The van der Waals surface area contributed by atoms with Gasteiger partial charge in [0, 0.05) is 12.8 Å². The molecular formula is C39H65N5O9. The molecule has 300 valence electrons. The fraction of sp³-hybridized carbons (Fsp3) is 0.692. The van der Waals surface area contributed by atoms with Crippen LogP contribution < -0.4 is 26.6 Å². The first kappa shape index (κ1) is 47.0. The Balaban J connectivity index is 3.06. The molecule has 0 saturated heterocycles. The minimum atomic E-state index is -1.34. The fourth-order valence-corrected chi connectivity index (χ4v) is 5.88. The molecule has 7 atom stereocenters. The summed E-state index contributed by atoms with van der Waals surface area (Å²) >= 11 is 0. The second-order valence-electron chi connectivity index (χ2n) is 15.3. The number of unbranched alkanes of at least 4 members (excludes halogenated alkanes) is 1. The maximum absolute atomic E-state index is 13.7. The molecule has 1 rings (SSSR count). The van der Waals surface area contributed by atoms with Gasteiger partial charge in [-0.25, -0.2) is 0 Å². The quantitative estimate of drug-likeness (QED) is 0.0735. The van der Waals surface area contributed by atoms with E-state index < -0.39 is 84.9 Å². The lowest BCUT2D eigenvalue weighted by Gasteiger charge is -2.29. The zero-order chi connectivity index (χ0) is 40.2. The molecule has 0 radical (unpaired) electrons. The zero-order valence-corrected chi connectivity index (χ0v) is 32.8. The highest BCUT2D eigenvalue weighted by Crippen LogP contribution is 2.15. The Bertz CT molecular complexity index is 1310. The minimum absolute atomic E-state index is 0.00735. The normalized spacial score (nSPS) is 15.4. The van der Waals surface area contributed by atoms with Crippen LogP contribution in [0, 0.1) is 17.8 Å². The number of carboxylic acids is 1. The molecule has 5 amide bonds. The molecule has 1 aromatic carbocycles. The summed E-state index contributed by atoms with van der Waals surface area (Å²) in [5.41, 5.74) is 0.836. The number of hydrogen-bond acceptors (Lipinski definition) is 8. The van der Waals surface area contributed by atoms with Gasteiger partial charge in [0.2, 0.25) is 29.5 Å². The summed E-state index contributed by atoms with van der Waals surface area (Å²) in [6, 6.07) is 4.55. The molecule has 0 bridgehead atoms. The Kier molecular flexibility index (Phi) is 21.5. The average molecular weight is 748 g/mol. The van der Waals surface area contributed by atoms with Crippen LogP contribution in [-0.2, 0) is 35.2 Å². The van der Waals surface area contributed by atoms with Crippen LogP contribution >= 0.6 is 0 Å². The van der Waals surface area contributed by atoms with Crippen molar-refractivity contribution in [3.8, 4) is 0 Å². The van der Waals surface area contributed by atoms with Gasteiger partial charge in [0.1, 0.15) is 18.1 Å². The van der Waals surface area contributed by atoms with Crippen molar-refractivity contribution in [2.24, 2.45) is 17.8 Å². The van der Waals surface area contributed by atoms with Crippen LogP contribution in [0.25, 0.3) is 0 Å². The van der Waals surface area contributed by atoms with Crippen LogP contribution in [0.4, 0.5) is 0 Å². The minimum Gasteiger partial charge on any atom is -0.481 e. The SMILES string of the molecule is CCCC[C@H](NC(=O)[C@H](Cc1ccccc1)NC(=O)CC(C)C)C(=O)N[C@H](CC(C)C)[C@H](O)CC(=O)N[C@H](C)C(=O)N[C@H](CC(C)C)[C@@H](O)CC(=O)O. The summed E-state index contributed by atoms with van der Waals surface area (Å²) in [6.45, 7) is 14.7. The second kappa shape index (κ2) is 24.3. The number of hydrogen-bond donors (Lipinski definition) is 8. The molecule has 0 aromatic heterocycles. The van der Waals surface area contributed by atoms with E-state index in [1.54, 1.807) is 0 Å². The molecule has 14 nitrogen and oxygen atoms in total. The fourth-order valence-electron chi connectivity index (χ4n) is 5.88. The number of aliphatic hydroxyl groups is 2. The van der Waals surface area contributed by atoms with Gasteiger partial charge < -0.3 is 41.9 Å². The number of benzene rings is 1. The van der Waals surface area contributed by atoms with Crippen LogP contribution in [0.2, 0.25) is 0 Å². The highest BCUT2D eigenvalue weighted by molar-refractivity contribution is 5.92. The first-order valence-electron chi connectivity index (χ1n) is 18.9. The van der Waals surface area contributed by atoms with Crippen molar-refractivity contribution in [2.75, 3.05) is 0 Å². The first-order chi connectivity index (χ1) is 24.8. The van der Waals surface area contributed by atoms with Gasteiger partial charge in [-0.1, -0.05) is 91.6 Å². The smallest absolute Gasteiger partial charge is 0.306 e. The lowest BCUT2D eigenvalue weighted by Crippen LogP contribution is -2.57. The van der Waals surface area contributed by atoms with E-state index in [0.717, 1.165) is 12.0 Å². The van der Waals surface area contributed by atoms with Gasteiger partial charge in [-0.2, -0.15) is 0 Å². The van der Waals surface area contributed by atoms with Crippen molar-refractivity contribution in [3.63, 3.8) is 0 Å². The molecule has 53 heavy (non-hydrogen) atoms. The third-order valence-electron chi connectivity index (χ3n) is 8.59. The summed E-state index contributed by atoms with van der Waals surface area (Å²) in [5, 5.41) is 44.3. The second-order valence-corrected chi connectivity index (χ2v) is 15.3. The molecule has 0 saturated carbocycles. The molecule has 1 aromatic rings. The standard InChI is InChI=1S/C39H65N5O9/c1-9-10-16-28(42-39(53)31(41-34(47)19-25(6)7)20-27-14-12-11-13-15-27)38(52)44-29(17-23(2)3)32(45)21-35(48)40-26(8)37(51)43-30(18-24(4)5)33(46)22-36(49)50/h11-15,23-26,28-33,45-46H,9-10,16-22H2,1-8H3,(H,40,48)(H,41,47)(H,42,53)(H,43,51)(H,44,52)(H,49,50)/t26-,28+,29-,30-,31+,32-,33+/m1/s1. The van der Waals surface area contributed by atoms with E-state index in [0.29, 0.717) is 25.7 Å². The number of rotatable bonds is 25. The Labute approximate surface area is 315 Å². The summed E-state index contributed by atoms with van der Waals surface area (Å²) in [5.74, 6) is -3.70. The summed E-state index contributed by atoms with van der Waals surface area (Å²) in [6.07, 6.45) is -0.910. The lowest BCUT2D eigenvalue weighted by atomic mass is 9.96. The Hall–Kier alpha value is -4.04. The molecule has 0 aliphatic rings. The largest absolute Gasteiger partial charge is 0.481 e. The highest BCUT2D eigenvalue weighted by Gasteiger charge is 2.32. The van der Waals surface area contributed by atoms with Gasteiger partial charge in [0.05, 0.1) is 37.1 Å². The monoisotopic (exact) mass is 747 g/mol. The van der Waals surface area contributed by atoms with Crippen molar-refractivity contribution in [1.29, 1.82) is 0 Å². The Morgan fingerprint density at radius 1 is 0.604 bits per heavy atom. The Morgan fingerprint density at radius 2 is 1.11 bits per heavy atom. The molecule has 0 aliphatic carbocycles. The van der Waals surface area contributed by atoms with E-state index in [4.69, 9.17) is 5.11 Å². The van der Waals surface area contributed by atoms with E-state index in [2.05, 4.69) is 26.6 Å². The van der Waals surface area contributed by atoms with E-state index in [-0.39, 0.29) is 36.5 Å². The number of amides is 5. The van der Waals surface area contributed by atoms with Crippen molar-refractivity contribution in [2.45, 2.75) is 156 Å². The maximum Gasteiger partial charge on any atom is 0.306 e. The average Bonchev–Trinajstić information content (AvgIpc) is 3.04. The third-order valence-corrected chi connectivity index (χ3v) is 8.59. The number of aliphatic carboxylic acids is 1. The van der Waals surface area contributed by atoms with Crippen molar-refractivity contribution >= 4 is 35.5 Å². The first-order valence-corrected chi connectivity index (χ1v) is 18.9. The third kappa shape index (κ3) is 19.6. The van der Waals surface area contributed by atoms with Crippen LogP contribution in [0.1, 0.15) is 112 Å². The molecule has 0 unspecified atom stereocenters. The highest BCUT2D eigenvalue weighted by atomic mass is 16.4. The lowest BCUT2D eigenvalue weighted by molar-refractivity contribution is -0.140.